The standard InChI is InChI=1S/C5H9N3O/c6-5(9)4-3-7-1-2-8-4/h7H,1-3H2,(H2,6,9)/p+1. The number of rotatable bonds is 1. The van der Waals surface area contributed by atoms with Gasteiger partial charge >= 0.3 is 5.91 Å². The van der Waals surface area contributed by atoms with Crippen LogP contribution >= 0.6 is 0 Å². The molecule has 1 aliphatic rings. The molecule has 50 valence electrons. The number of amides is 1. The summed E-state index contributed by atoms with van der Waals surface area (Å²) in [7, 11) is 0. The van der Waals surface area contributed by atoms with Crippen LogP contribution < -0.4 is 16.0 Å². The Bertz CT molecular complexity index is 152. The molecule has 0 fully saturated rings. The average Bonchev–Trinajstić information content (AvgIpc) is 1.90. The minimum Gasteiger partial charge on any atom is -0.361 e. The number of nitrogens with two attached hydrogens (primary N) is 1. The van der Waals surface area contributed by atoms with Gasteiger partial charge in [-0.2, -0.15) is 0 Å². The van der Waals surface area contributed by atoms with E-state index in [0.717, 1.165) is 13.1 Å². The first-order valence-electron chi connectivity index (χ1n) is 2.91. The molecule has 1 rings (SSSR count). The van der Waals surface area contributed by atoms with Crippen LogP contribution in [0.4, 0.5) is 0 Å². The SMILES string of the molecule is NC(=O)C1=[NH+]CCNC1. The van der Waals surface area contributed by atoms with Crippen LogP contribution in [-0.2, 0) is 4.79 Å². The number of nitrogens with one attached hydrogen (secondary N) is 2. The molecular weight excluding hydrogens is 118 g/mol. The molecule has 0 radical (unpaired) electrons. The van der Waals surface area contributed by atoms with Crippen LogP contribution in [0.15, 0.2) is 0 Å². The van der Waals surface area contributed by atoms with Crippen LogP contribution in [0.5, 0.6) is 0 Å². The van der Waals surface area contributed by atoms with Gasteiger partial charge in [0.15, 0.2) is 6.54 Å². The second-order valence-corrected chi connectivity index (χ2v) is 1.95. The minimum absolute atomic E-state index is 0.359. The summed E-state index contributed by atoms with van der Waals surface area (Å²) in [5.41, 5.74) is 5.57. The third-order valence-corrected chi connectivity index (χ3v) is 1.24. The Morgan fingerprint density at radius 1 is 1.78 bits per heavy atom. The molecule has 0 bridgehead atoms. The third kappa shape index (κ3) is 1.50. The highest BCUT2D eigenvalue weighted by molar-refractivity contribution is 6.36. The number of carbonyl (C=O) groups is 1. The summed E-state index contributed by atoms with van der Waals surface area (Å²) < 4.78 is 0. The van der Waals surface area contributed by atoms with Crippen molar-refractivity contribution >= 4 is 11.6 Å². The van der Waals surface area contributed by atoms with E-state index < -0.39 is 0 Å². The molecular formula is C5H10N3O+. The van der Waals surface area contributed by atoms with Crippen molar-refractivity contribution in [1.82, 2.24) is 5.32 Å². The van der Waals surface area contributed by atoms with E-state index in [1.54, 1.807) is 0 Å². The van der Waals surface area contributed by atoms with Gasteiger partial charge in [-0.25, -0.2) is 4.99 Å². The summed E-state index contributed by atoms with van der Waals surface area (Å²) in [5.74, 6) is -0.359. The first kappa shape index (κ1) is 6.22. The smallest absolute Gasteiger partial charge is 0.309 e. The average molecular weight is 128 g/mol. The molecule has 4 nitrogen and oxygen atoms in total. The third-order valence-electron chi connectivity index (χ3n) is 1.24. The molecule has 0 spiro atoms. The Balaban J connectivity index is 2.57. The fraction of sp³-hybridized carbons (Fsp3) is 0.600. The molecule has 1 amide bonds. The fourth-order valence-electron chi connectivity index (χ4n) is 0.752. The van der Waals surface area contributed by atoms with Gasteiger partial charge in [0.2, 0.25) is 0 Å². The van der Waals surface area contributed by atoms with Crippen molar-refractivity contribution in [2.24, 2.45) is 5.73 Å². The molecule has 0 saturated heterocycles. The first-order chi connectivity index (χ1) is 4.30. The molecule has 1 heterocycles. The zero-order chi connectivity index (χ0) is 6.69. The highest BCUT2D eigenvalue weighted by atomic mass is 16.1. The molecule has 0 aromatic heterocycles. The summed E-state index contributed by atoms with van der Waals surface area (Å²) in [6, 6.07) is 0. The first-order valence-corrected chi connectivity index (χ1v) is 2.91. The maximum atomic E-state index is 10.4. The number of hydrogen-bond donors (Lipinski definition) is 3. The minimum atomic E-state index is -0.359. The van der Waals surface area contributed by atoms with E-state index in [4.69, 9.17) is 5.73 Å². The molecule has 0 aromatic carbocycles. The van der Waals surface area contributed by atoms with Crippen molar-refractivity contribution in [3.05, 3.63) is 0 Å². The van der Waals surface area contributed by atoms with Crippen LogP contribution in [0.1, 0.15) is 0 Å². The zero-order valence-electron chi connectivity index (χ0n) is 5.11. The van der Waals surface area contributed by atoms with Gasteiger partial charge < -0.3 is 11.1 Å². The molecule has 1 aliphatic heterocycles. The molecule has 4 N–H and O–H groups in total. The van der Waals surface area contributed by atoms with Crippen LogP contribution in [0.2, 0.25) is 0 Å². The van der Waals surface area contributed by atoms with Gasteiger partial charge in [-0.05, 0) is 0 Å². The van der Waals surface area contributed by atoms with E-state index in [0.29, 0.717) is 12.3 Å². The Labute approximate surface area is 53.1 Å². The second kappa shape index (κ2) is 2.59. The number of primary amides is 1. The number of carbonyl (C=O) groups excluding carboxylic acids is 1. The van der Waals surface area contributed by atoms with Crippen LogP contribution in [0, 0.1) is 0 Å². The van der Waals surface area contributed by atoms with Crippen molar-refractivity contribution in [2.75, 3.05) is 19.6 Å². The maximum absolute atomic E-state index is 10.4. The van der Waals surface area contributed by atoms with E-state index in [2.05, 4.69) is 10.3 Å². The Hall–Kier alpha value is -0.900. The summed E-state index contributed by atoms with van der Waals surface area (Å²) in [6.07, 6.45) is 0. The second-order valence-electron chi connectivity index (χ2n) is 1.95. The van der Waals surface area contributed by atoms with Crippen molar-refractivity contribution in [3.63, 3.8) is 0 Å². The van der Waals surface area contributed by atoms with Gasteiger partial charge in [-0.3, -0.25) is 4.79 Å². The Kier molecular flexibility index (Phi) is 1.79. The maximum Gasteiger partial charge on any atom is 0.309 e. The zero-order valence-corrected chi connectivity index (χ0v) is 5.11. The molecule has 0 aliphatic carbocycles. The van der Waals surface area contributed by atoms with Gasteiger partial charge in [0.25, 0.3) is 5.71 Å². The topological polar surface area (TPSA) is 69.1 Å². The van der Waals surface area contributed by atoms with Gasteiger partial charge in [-0.1, -0.05) is 0 Å². The highest BCUT2D eigenvalue weighted by Crippen LogP contribution is 1.65. The monoisotopic (exact) mass is 128 g/mol. The van der Waals surface area contributed by atoms with Gasteiger partial charge in [0.1, 0.15) is 0 Å². The van der Waals surface area contributed by atoms with Crippen molar-refractivity contribution in [2.45, 2.75) is 0 Å². The lowest BCUT2D eigenvalue weighted by Gasteiger charge is -2.03. The van der Waals surface area contributed by atoms with Crippen LogP contribution in [0.3, 0.4) is 0 Å². The lowest BCUT2D eigenvalue weighted by atomic mass is 10.3. The van der Waals surface area contributed by atoms with Crippen molar-refractivity contribution in [1.29, 1.82) is 0 Å². The number of hydrogen-bond acceptors (Lipinski definition) is 2. The summed E-state index contributed by atoms with van der Waals surface area (Å²) in [4.78, 5) is 13.3. The largest absolute Gasteiger partial charge is 0.361 e. The lowest BCUT2D eigenvalue weighted by molar-refractivity contribution is -0.458. The summed E-state index contributed by atoms with van der Waals surface area (Å²) in [5, 5.41) is 3.02. The van der Waals surface area contributed by atoms with Crippen LogP contribution in [-0.4, -0.2) is 31.3 Å². The van der Waals surface area contributed by atoms with E-state index in [9.17, 15) is 4.79 Å². The summed E-state index contributed by atoms with van der Waals surface area (Å²) in [6.45, 7) is 2.27. The molecule has 4 heteroatoms. The normalized spacial score (nSPS) is 18.9. The van der Waals surface area contributed by atoms with Gasteiger partial charge in [-0.15, -0.1) is 0 Å². The summed E-state index contributed by atoms with van der Waals surface area (Å²) >= 11 is 0. The Morgan fingerprint density at radius 2 is 2.56 bits per heavy atom. The molecule has 0 saturated carbocycles. The van der Waals surface area contributed by atoms with E-state index in [-0.39, 0.29) is 5.91 Å². The van der Waals surface area contributed by atoms with Gasteiger partial charge in [0, 0.05) is 0 Å². The van der Waals surface area contributed by atoms with E-state index >= 15 is 0 Å². The predicted molar refractivity (Wildman–Crippen MR) is 32.9 cm³/mol. The predicted octanol–water partition coefficient (Wildman–Crippen LogP) is -3.40. The van der Waals surface area contributed by atoms with Gasteiger partial charge in [0.05, 0.1) is 13.1 Å². The lowest BCUT2D eigenvalue weighted by Crippen LogP contribution is -2.81. The molecule has 0 aromatic rings. The van der Waals surface area contributed by atoms with Crippen molar-refractivity contribution < 1.29 is 9.79 Å². The molecule has 0 atom stereocenters. The quantitative estimate of drug-likeness (QED) is 0.344. The highest BCUT2D eigenvalue weighted by Gasteiger charge is 2.15. The molecule has 0 unspecified atom stereocenters. The molecule has 9 heavy (non-hydrogen) atoms. The van der Waals surface area contributed by atoms with Crippen LogP contribution in [0.25, 0.3) is 0 Å². The van der Waals surface area contributed by atoms with E-state index in [1.807, 2.05) is 0 Å². The van der Waals surface area contributed by atoms with E-state index in [1.165, 1.54) is 0 Å². The fourth-order valence-corrected chi connectivity index (χ4v) is 0.752. The van der Waals surface area contributed by atoms with Crippen molar-refractivity contribution in [3.8, 4) is 0 Å². The Morgan fingerprint density at radius 3 is 2.89 bits per heavy atom.